The Morgan fingerprint density at radius 3 is 2.90 bits per heavy atom. The van der Waals surface area contributed by atoms with Crippen molar-refractivity contribution in [3.8, 4) is 0 Å². The summed E-state index contributed by atoms with van der Waals surface area (Å²) in [6, 6.07) is 0. The summed E-state index contributed by atoms with van der Waals surface area (Å²) >= 11 is 0. The Morgan fingerprint density at radius 1 is 1.40 bits per heavy atom. The van der Waals surface area contributed by atoms with Crippen molar-refractivity contribution >= 4 is 11.3 Å². The third-order valence-corrected chi connectivity index (χ3v) is 1.07. The van der Waals surface area contributed by atoms with E-state index >= 15 is 0 Å². The average molecular weight is 211 g/mol. The smallest absolute Gasteiger partial charge is 0.177 e. The zero-order valence-corrected chi connectivity index (χ0v) is 8.20. The van der Waals surface area contributed by atoms with Crippen LogP contribution in [0.5, 0.6) is 0 Å². The minimum absolute atomic E-state index is 0. The summed E-state index contributed by atoms with van der Waals surface area (Å²) in [5.41, 5.74) is 1.25. The van der Waals surface area contributed by atoms with Gasteiger partial charge in [0.15, 0.2) is 11.3 Å². The van der Waals surface area contributed by atoms with Crippen LogP contribution in [0.2, 0.25) is 0 Å². The van der Waals surface area contributed by atoms with Crippen molar-refractivity contribution in [2.24, 2.45) is 0 Å². The second-order valence-corrected chi connectivity index (χ2v) is 1.78. The molecule has 0 saturated carbocycles. The third-order valence-electron chi connectivity index (χ3n) is 1.07. The zero-order chi connectivity index (χ0) is 6.27. The van der Waals surface area contributed by atoms with Crippen LogP contribution >= 0.6 is 0 Å². The van der Waals surface area contributed by atoms with Gasteiger partial charge in [-0.1, -0.05) is 0 Å². The summed E-state index contributed by atoms with van der Waals surface area (Å²) in [6.07, 6.45) is 0. The maximum absolute atomic E-state index is 3.98. The van der Waals surface area contributed by atoms with Gasteiger partial charge in [0.05, 0.1) is 0 Å². The van der Waals surface area contributed by atoms with Crippen molar-refractivity contribution in [1.82, 2.24) is 25.4 Å². The number of aryl methyl sites for hydroxylation is 1. The summed E-state index contributed by atoms with van der Waals surface area (Å²) < 4.78 is 0. The number of imidazole rings is 1. The van der Waals surface area contributed by atoms with Gasteiger partial charge < -0.3 is 20.4 Å². The van der Waals surface area contributed by atoms with Gasteiger partial charge in [-0.3, -0.25) is 0 Å². The molecule has 0 unspecified atom stereocenters. The molecule has 6 heteroatoms. The van der Waals surface area contributed by atoms with Gasteiger partial charge in [0.2, 0.25) is 0 Å². The molecule has 1 N–H and O–H groups in total. The summed E-state index contributed by atoms with van der Waals surface area (Å²) in [5.74, 6) is 0.822. The van der Waals surface area contributed by atoms with Crippen LogP contribution in [0.25, 0.3) is 11.3 Å². The fraction of sp³-hybridized carbons (Fsp3) is 0.250. The number of hydrogen-bond acceptors (Lipinski definition) is 3. The van der Waals surface area contributed by atoms with Gasteiger partial charge in [-0.05, 0) is 6.92 Å². The van der Waals surface area contributed by atoms with Crippen LogP contribution in [-0.2, 0) is 32.7 Å². The monoisotopic (exact) mass is 211 g/mol. The Balaban J connectivity index is 0.000000500. The van der Waals surface area contributed by atoms with Crippen molar-refractivity contribution in [3.05, 3.63) is 5.82 Å². The number of aromatic amines is 1. The maximum atomic E-state index is 3.98. The largest absolute Gasteiger partial charge is 0.490 e. The molecule has 0 aliphatic heterocycles. The fourth-order valence-electron chi connectivity index (χ4n) is 0.716. The molecule has 10 heavy (non-hydrogen) atoms. The van der Waals surface area contributed by atoms with Crippen LogP contribution in [0.1, 0.15) is 5.82 Å². The Labute approximate surface area is 81.9 Å². The Hall–Kier alpha value is -0.286. The number of aromatic nitrogens is 5. The average Bonchev–Trinajstić information content (AvgIpc) is 2.22. The number of H-pyrrole nitrogens is 1. The molecule has 2 heterocycles. The van der Waals surface area contributed by atoms with Crippen LogP contribution in [0.4, 0.5) is 0 Å². The summed E-state index contributed by atoms with van der Waals surface area (Å²) in [7, 11) is 0. The number of hydrogen-bond donors (Lipinski definition) is 1. The molecule has 0 aromatic carbocycles. The van der Waals surface area contributed by atoms with E-state index in [9.17, 15) is 0 Å². The van der Waals surface area contributed by atoms with E-state index in [1.165, 1.54) is 0 Å². The van der Waals surface area contributed by atoms with E-state index in [-0.39, 0.29) is 32.7 Å². The van der Waals surface area contributed by atoms with E-state index < -0.39 is 0 Å². The molecule has 0 saturated heterocycles. The van der Waals surface area contributed by atoms with Gasteiger partial charge in [0, 0.05) is 32.7 Å². The van der Waals surface area contributed by atoms with Gasteiger partial charge in [-0.2, -0.15) is 0 Å². The number of nitrogens with zero attached hydrogens (tertiary/aromatic N) is 4. The van der Waals surface area contributed by atoms with Crippen molar-refractivity contribution < 1.29 is 32.7 Å². The molecule has 1 radical (unpaired) electrons. The molecule has 49 valence electrons. The van der Waals surface area contributed by atoms with Gasteiger partial charge >= 0.3 is 0 Å². The minimum Gasteiger partial charge on any atom is -0.490 e. The normalized spacial score (nSPS) is 9.70. The van der Waals surface area contributed by atoms with Crippen molar-refractivity contribution in [1.29, 1.82) is 0 Å². The molecule has 0 fully saturated rings. The Bertz CT molecular complexity index is 294. The van der Waals surface area contributed by atoms with E-state index in [0.29, 0.717) is 11.3 Å². The number of nitrogens with one attached hydrogen (secondary N) is 1. The molecule has 2 aromatic heterocycles. The van der Waals surface area contributed by atoms with E-state index in [4.69, 9.17) is 0 Å². The van der Waals surface area contributed by atoms with E-state index in [0.717, 1.165) is 5.82 Å². The van der Waals surface area contributed by atoms with E-state index in [1.807, 2.05) is 6.92 Å². The molecule has 0 atom stereocenters. The third kappa shape index (κ3) is 1.11. The van der Waals surface area contributed by atoms with E-state index in [1.54, 1.807) is 0 Å². The van der Waals surface area contributed by atoms with Crippen molar-refractivity contribution in [3.63, 3.8) is 0 Å². The molecule has 0 aliphatic carbocycles. The number of rotatable bonds is 0. The summed E-state index contributed by atoms with van der Waals surface area (Å²) in [4.78, 5) is 6.87. The first-order valence-corrected chi connectivity index (χ1v) is 2.54. The standard InChI is InChI=1S/C4H4N5.Y/c1-2-5-3-4(6-2)8-9-7-3;/h1H3,(H-,5,6,7,8,9);/q-1;. The summed E-state index contributed by atoms with van der Waals surface area (Å²) in [6.45, 7) is 1.85. The molecular formula is C4H4N5Y-. The van der Waals surface area contributed by atoms with Crippen LogP contribution in [-0.4, -0.2) is 20.2 Å². The minimum atomic E-state index is 0. The quantitative estimate of drug-likeness (QED) is 0.644. The van der Waals surface area contributed by atoms with Crippen LogP contribution in [0.3, 0.4) is 0 Å². The fourth-order valence-corrected chi connectivity index (χ4v) is 0.716. The van der Waals surface area contributed by atoms with Crippen LogP contribution < -0.4 is 5.21 Å². The summed E-state index contributed by atoms with van der Waals surface area (Å²) in [5, 5.41) is 10.7. The first kappa shape index (κ1) is 7.82. The van der Waals surface area contributed by atoms with Gasteiger partial charge in [-0.15, -0.1) is 0 Å². The maximum Gasteiger partial charge on any atom is 0.177 e. The van der Waals surface area contributed by atoms with Crippen molar-refractivity contribution in [2.45, 2.75) is 6.92 Å². The molecular weight excluding hydrogens is 207 g/mol. The molecule has 0 spiro atoms. The molecule has 2 aromatic rings. The second-order valence-electron chi connectivity index (χ2n) is 1.78. The van der Waals surface area contributed by atoms with E-state index in [2.05, 4.69) is 25.4 Å². The van der Waals surface area contributed by atoms with Crippen LogP contribution in [0.15, 0.2) is 0 Å². The predicted molar refractivity (Wildman–Crippen MR) is 29.7 cm³/mol. The zero-order valence-electron chi connectivity index (χ0n) is 5.37. The molecule has 0 bridgehead atoms. The molecule has 0 aliphatic rings. The first-order valence-electron chi connectivity index (χ1n) is 2.54. The topological polar surface area (TPSA) is 68.6 Å². The molecule has 2 rings (SSSR count). The predicted octanol–water partition coefficient (Wildman–Crippen LogP) is -0.384. The van der Waals surface area contributed by atoms with Gasteiger partial charge in [0.1, 0.15) is 5.82 Å². The van der Waals surface area contributed by atoms with Crippen LogP contribution in [0, 0.1) is 6.92 Å². The molecule has 5 nitrogen and oxygen atoms in total. The van der Waals surface area contributed by atoms with Crippen molar-refractivity contribution in [2.75, 3.05) is 0 Å². The number of fused-ring (bicyclic) bond motifs is 1. The van der Waals surface area contributed by atoms with Gasteiger partial charge in [-0.25, -0.2) is 4.98 Å². The SMILES string of the molecule is Cc1nc2n[n-]nc2[nH]1.[Y]. The Morgan fingerprint density at radius 2 is 2.20 bits per heavy atom. The Kier molecular flexibility index (Phi) is 2.16. The first-order chi connectivity index (χ1) is 4.36. The second kappa shape index (κ2) is 2.76. The van der Waals surface area contributed by atoms with Gasteiger partial charge in [0.25, 0.3) is 0 Å². The molecule has 0 amide bonds.